The van der Waals surface area contributed by atoms with Crippen LogP contribution in [0.5, 0.6) is 0 Å². The van der Waals surface area contributed by atoms with E-state index in [9.17, 15) is 14.0 Å². The third kappa shape index (κ3) is 3.36. The van der Waals surface area contributed by atoms with E-state index < -0.39 is 23.5 Å². The average Bonchev–Trinajstić information content (AvgIpc) is 2.32. The number of rotatable bonds is 2. The molecule has 0 radical (unpaired) electrons. The van der Waals surface area contributed by atoms with Crippen molar-refractivity contribution in [2.75, 3.05) is 5.32 Å². The molecule has 1 aliphatic rings. The number of carbonyl (C=O) groups excluding carboxylic acids is 2. The number of halogens is 1. The Morgan fingerprint density at radius 2 is 1.81 bits per heavy atom. The Balaban J connectivity index is 2.24. The van der Waals surface area contributed by atoms with Crippen molar-refractivity contribution in [1.29, 1.82) is 0 Å². The lowest BCUT2D eigenvalue weighted by molar-refractivity contribution is -0.222. The molecule has 0 atom stereocenters. The number of hydrogen-bond acceptors (Lipinski definition) is 6. The first-order chi connectivity index (χ1) is 9.69. The first-order valence-electron chi connectivity index (χ1n) is 6.12. The quantitative estimate of drug-likeness (QED) is 0.380. The number of nitrogens with one attached hydrogen (secondary N) is 1. The molecule has 7 heteroatoms. The van der Waals surface area contributed by atoms with Crippen LogP contribution >= 0.6 is 12.6 Å². The van der Waals surface area contributed by atoms with Crippen LogP contribution in [0, 0.1) is 12.7 Å². The van der Waals surface area contributed by atoms with Gasteiger partial charge in [-0.1, -0.05) is 0 Å². The predicted molar refractivity (Wildman–Crippen MR) is 76.4 cm³/mol. The van der Waals surface area contributed by atoms with Gasteiger partial charge in [0.2, 0.25) is 0 Å². The van der Waals surface area contributed by atoms with Crippen molar-refractivity contribution in [2.45, 2.75) is 31.5 Å². The summed E-state index contributed by atoms with van der Waals surface area (Å²) in [4.78, 5) is 23.9. The molecule has 0 spiro atoms. The number of anilines is 1. The first kappa shape index (κ1) is 15.4. The standard InChI is InChI=1S/C14H14FNO4S/c1-7-4-11(21)10(5-9(7)15)16-6-8-12(17)19-14(2,3)20-13(8)18/h4-6,16,21H,1-3H3. The highest BCUT2D eigenvalue weighted by molar-refractivity contribution is 7.80. The van der Waals surface area contributed by atoms with E-state index >= 15 is 0 Å². The molecule has 0 bridgehead atoms. The van der Waals surface area contributed by atoms with Gasteiger partial charge in [-0.3, -0.25) is 0 Å². The minimum atomic E-state index is -1.30. The summed E-state index contributed by atoms with van der Waals surface area (Å²) in [6.45, 7) is 4.51. The van der Waals surface area contributed by atoms with Crippen LogP contribution in [0.2, 0.25) is 0 Å². The Bertz CT molecular complexity index is 633. The zero-order chi connectivity index (χ0) is 15.8. The van der Waals surface area contributed by atoms with E-state index in [2.05, 4.69) is 17.9 Å². The highest BCUT2D eigenvalue weighted by Crippen LogP contribution is 2.26. The van der Waals surface area contributed by atoms with Crippen LogP contribution in [0.4, 0.5) is 10.1 Å². The maximum Gasteiger partial charge on any atom is 0.350 e. The number of aryl methyl sites for hydroxylation is 1. The minimum Gasteiger partial charge on any atom is -0.419 e. The molecule has 21 heavy (non-hydrogen) atoms. The van der Waals surface area contributed by atoms with Crippen LogP contribution in [0.1, 0.15) is 19.4 Å². The number of carbonyl (C=O) groups is 2. The van der Waals surface area contributed by atoms with E-state index in [-0.39, 0.29) is 5.57 Å². The molecule has 0 saturated carbocycles. The molecule has 1 N–H and O–H groups in total. The van der Waals surface area contributed by atoms with Crippen molar-refractivity contribution in [3.8, 4) is 0 Å². The van der Waals surface area contributed by atoms with Gasteiger partial charge in [0.05, 0.1) is 5.69 Å². The lowest BCUT2D eigenvalue weighted by Gasteiger charge is -2.29. The number of cyclic esters (lactones) is 2. The van der Waals surface area contributed by atoms with E-state index in [4.69, 9.17) is 9.47 Å². The summed E-state index contributed by atoms with van der Waals surface area (Å²) in [6.07, 6.45) is 1.11. The summed E-state index contributed by atoms with van der Waals surface area (Å²) in [5, 5.41) is 2.66. The number of ether oxygens (including phenoxy) is 2. The van der Waals surface area contributed by atoms with Crippen LogP contribution in [0.15, 0.2) is 28.8 Å². The van der Waals surface area contributed by atoms with Gasteiger partial charge in [-0.25, -0.2) is 14.0 Å². The lowest BCUT2D eigenvalue weighted by atomic mass is 10.2. The highest BCUT2D eigenvalue weighted by Gasteiger charge is 2.38. The number of esters is 2. The van der Waals surface area contributed by atoms with Gasteiger partial charge in [-0.15, -0.1) is 12.6 Å². The number of thiol groups is 1. The van der Waals surface area contributed by atoms with Gasteiger partial charge in [-0.2, -0.15) is 0 Å². The predicted octanol–water partition coefficient (Wildman–Crippen LogP) is 2.55. The van der Waals surface area contributed by atoms with Crippen LogP contribution < -0.4 is 5.32 Å². The van der Waals surface area contributed by atoms with E-state index in [1.807, 2.05) is 0 Å². The van der Waals surface area contributed by atoms with Gasteiger partial charge in [0.15, 0.2) is 5.57 Å². The maximum atomic E-state index is 13.5. The third-order valence-electron chi connectivity index (χ3n) is 2.77. The zero-order valence-corrected chi connectivity index (χ0v) is 12.6. The SMILES string of the molecule is Cc1cc(S)c(NC=C2C(=O)OC(C)(C)OC2=O)cc1F. The second kappa shape index (κ2) is 5.40. The van der Waals surface area contributed by atoms with Gasteiger partial charge in [0.1, 0.15) is 5.82 Å². The van der Waals surface area contributed by atoms with Crippen LogP contribution in [0.3, 0.4) is 0 Å². The maximum absolute atomic E-state index is 13.5. The van der Waals surface area contributed by atoms with Crippen molar-refractivity contribution in [2.24, 2.45) is 0 Å². The van der Waals surface area contributed by atoms with E-state index in [1.54, 1.807) is 6.92 Å². The molecule has 1 aromatic carbocycles. The molecule has 1 saturated heterocycles. The Morgan fingerprint density at radius 3 is 2.38 bits per heavy atom. The summed E-state index contributed by atoms with van der Waals surface area (Å²) in [5.41, 5.74) is 0.457. The molecular weight excluding hydrogens is 297 g/mol. The fraction of sp³-hybridized carbons (Fsp3) is 0.286. The second-order valence-electron chi connectivity index (χ2n) is 5.00. The summed E-state index contributed by atoms with van der Waals surface area (Å²) in [5.74, 6) is -3.34. The van der Waals surface area contributed by atoms with E-state index in [1.165, 1.54) is 26.0 Å². The van der Waals surface area contributed by atoms with E-state index in [0.29, 0.717) is 16.1 Å². The molecule has 1 aromatic rings. The van der Waals surface area contributed by atoms with Crippen molar-refractivity contribution in [1.82, 2.24) is 0 Å². The van der Waals surface area contributed by atoms with Gasteiger partial charge in [-0.05, 0) is 24.6 Å². The van der Waals surface area contributed by atoms with Gasteiger partial charge in [0, 0.05) is 24.9 Å². The van der Waals surface area contributed by atoms with Crippen molar-refractivity contribution in [3.05, 3.63) is 35.3 Å². The Morgan fingerprint density at radius 1 is 1.24 bits per heavy atom. The van der Waals surface area contributed by atoms with Crippen LogP contribution in [-0.4, -0.2) is 17.7 Å². The first-order valence-corrected chi connectivity index (χ1v) is 6.57. The Labute approximate surface area is 126 Å². The molecule has 1 fully saturated rings. The molecule has 1 heterocycles. The Hall–Kier alpha value is -2.02. The highest BCUT2D eigenvalue weighted by atomic mass is 32.1. The lowest BCUT2D eigenvalue weighted by Crippen LogP contribution is -2.42. The summed E-state index contributed by atoms with van der Waals surface area (Å²) >= 11 is 4.19. The molecular formula is C14H14FNO4S. The van der Waals surface area contributed by atoms with Gasteiger partial charge in [0.25, 0.3) is 5.79 Å². The van der Waals surface area contributed by atoms with Crippen molar-refractivity contribution < 1.29 is 23.5 Å². The fourth-order valence-corrected chi connectivity index (χ4v) is 2.03. The van der Waals surface area contributed by atoms with Crippen molar-refractivity contribution in [3.63, 3.8) is 0 Å². The van der Waals surface area contributed by atoms with Crippen molar-refractivity contribution >= 4 is 30.3 Å². The minimum absolute atomic E-state index is 0.303. The van der Waals surface area contributed by atoms with Crippen LogP contribution in [0.25, 0.3) is 0 Å². The smallest absolute Gasteiger partial charge is 0.350 e. The molecule has 2 rings (SSSR count). The molecule has 1 aliphatic heterocycles. The average molecular weight is 311 g/mol. The Kier molecular flexibility index (Phi) is 3.95. The molecule has 112 valence electrons. The normalized spacial score (nSPS) is 17.1. The fourth-order valence-electron chi connectivity index (χ4n) is 1.71. The molecule has 5 nitrogen and oxygen atoms in total. The van der Waals surface area contributed by atoms with Crippen LogP contribution in [-0.2, 0) is 19.1 Å². The largest absolute Gasteiger partial charge is 0.419 e. The third-order valence-corrected chi connectivity index (χ3v) is 3.14. The van der Waals surface area contributed by atoms with Gasteiger partial charge < -0.3 is 14.8 Å². The van der Waals surface area contributed by atoms with Gasteiger partial charge >= 0.3 is 11.9 Å². The second-order valence-corrected chi connectivity index (χ2v) is 5.48. The summed E-state index contributed by atoms with van der Waals surface area (Å²) in [7, 11) is 0. The zero-order valence-electron chi connectivity index (χ0n) is 11.7. The number of benzene rings is 1. The summed E-state index contributed by atoms with van der Waals surface area (Å²) in [6, 6.07) is 2.75. The number of hydrogen-bond donors (Lipinski definition) is 2. The monoisotopic (exact) mass is 311 g/mol. The topological polar surface area (TPSA) is 64.6 Å². The summed E-state index contributed by atoms with van der Waals surface area (Å²) < 4.78 is 23.4. The molecule has 0 amide bonds. The molecule has 0 aromatic heterocycles. The molecule has 0 aliphatic carbocycles. The molecule has 0 unspecified atom stereocenters. The van der Waals surface area contributed by atoms with E-state index in [0.717, 1.165) is 6.20 Å².